The molecule has 0 bridgehead atoms. The molecular weight excluding hydrogens is 266 g/mol. The first kappa shape index (κ1) is 11.6. The van der Waals surface area contributed by atoms with Gasteiger partial charge in [0.25, 0.3) is 0 Å². The molecule has 0 spiro atoms. The summed E-state index contributed by atoms with van der Waals surface area (Å²) >= 11 is 3.56. The largest absolute Gasteiger partial charge is 0.350 e. The highest BCUT2D eigenvalue weighted by atomic mass is 32.2. The van der Waals surface area contributed by atoms with Gasteiger partial charge in [0, 0.05) is 27.2 Å². The Hall–Kier alpha value is -1.53. The lowest BCUT2D eigenvalue weighted by Crippen LogP contribution is -2.26. The summed E-state index contributed by atoms with van der Waals surface area (Å²) in [6, 6.07) is 7.69. The molecule has 18 heavy (non-hydrogen) atoms. The molecule has 0 saturated heterocycles. The number of carbonyl (C=O) groups excluding carboxylic acids is 1. The van der Waals surface area contributed by atoms with Gasteiger partial charge < -0.3 is 5.73 Å². The fourth-order valence-electron chi connectivity index (χ4n) is 1.95. The number of hydrogen-bond acceptors (Lipinski definition) is 4. The van der Waals surface area contributed by atoms with Crippen LogP contribution in [-0.4, -0.2) is 17.5 Å². The van der Waals surface area contributed by atoms with Crippen LogP contribution in [-0.2, 0) is 0 Å². The zero-order valence-electron chi connectivity index (χ0n) is 9.47. The number of urea groups is 1. The predicted octanol–water partition coefficient (Wildman–Crippen LogP) is 2.77. The molecule has 0 atom stereocenters. The molecule has 0 fully saturated rings. The summed E-state index contributed by atoms with van der Waals surface area (Å²) in [5.41, 5.74) is 8.29. The van der Waals surface area contributed by atoms with Gasteiger partial charge in [-0.3, -0.25) is 0 Å². The lowest BCUT2D eigenvalue weighted by atomic mass is 10.2. The fourth-order valence-corrected chi connectivity index (χ4v) is 4.51. The van der Waals surface area contributed by atoms with Crippen LogP contribution in [0.25, 0.3) is 10.1 Å². The quantitative estimate of drug-likeness (QED) is 0.787. The van der Waals surface area contributed by atoms with Crippen molar-refractivity contribution in [1.29, 1.82) is 0 Å². The minimum atomic E-state index is -0.622. The van der Waals surface area contributed by atoms with E-state index in [9.17, 15) is 4.79 Å². The number of amides is 2. The summed E-state index contributed by atoms with van der Waals surface area (Å²) in [5, 5.41) is 5.38. The van der Waals surface area contributed by atoms with Crippen LogP contribution in [0, 0.1) is 0 Å². The first-order valence-electron chi connectivity index (χ1n) is 5.52. The molecule has 2 aromatic rings. The molecule has 2 heterocycles. The van der Waals surface area contributed by atoms with E-state index >= 15 is 0 Å². The zero-order chi connectivity index (χ0) is 12.5. The van der Waals surface area contributed by atoms with E-state index in [0.29, 0.717) is 0 Å². The van der Waals surface area contributed by atoms with E-state index in [2.05, 4.69) is 22.7 Å². The molecule has 6 heteroatoms. The van der Waals surface area contributed by atoms with Crippen molar-refractivity contribution in [3.05, 3.63) is 29.1 Å². The van der Waals surface area contributed by atoms with E-state index in [-0.39, 0.29) is 0 Å². The SMILES string of the molecule is NC(=O)N/N=C1\CCSc2c1sc1ccccc21. The number of fused-ring (bicyclic) bond motifs is 3. The van der Waals surface area contributed by atoms with Crippen LogP contribution in [0.4, 0.5) is 4.79 Å². The molecule has 0 unspecified atom stereocenters. The van der Waals surface area contributed by atoms with Gasteiger partial charge in [0.05, 0.1) is 10.6 Å². The number of thiophene rings is 1. The highest BCUT2D eigenvalue weighted by molar-refractivity contribution is 7.99. The zero-order valence-corrected chi connectivity index (χ0v) is 11.1. The number of carbonyl (C=O) groups is 1. The number of hydrazone groups is 1. The van der Waals surface area contributed by atoms with Crippen LogP contribution in [0.15, 0.2) is 34.3 Å². The minimum absolute atomic E-state index is 0.622. The monoisotopic (exact) mass is 277 g/mol. The average molecular weight is 277 g/mol. The minimum Gasteiger partial charge on any atom is -0.350 e. The molecule has 1 aromatic carbocycles. The average Bonchev–Trinajstić information content (AvgIpc) is 2.75. The molecule has 1 aliphatic rings. The Morgan fingerprint density at radius 2 is 2.22 bits per heavy atom. The van der Waals surface area contributed by atoms with E-state index in [1.165, 1.54) is 15.0 Å². The Bertz CT molecular complexity index is 648. The molecule has 3 rings (SSSR count). The highest BCUT2D eigenvalue weighted by Crippen LogP contribution is 2.42. The number of benzene rings is 1. The molecule has 2 amide bonds. The van der Waals surface area contributed by atoms with Crippen molar-refractivity contribution >= 4 is 44.9 Å². The lowest BCUT2D eigenvalue weighted by Gasteiger charge is -2.13. The molecule has 0 radical (unpaired) electrons. The summed E-state index contributed by atoms with van der Waals surface area (Å²) in [6.07, 6.45) is 0.852. The summed E-state index contributed by atoms with van der Waals surface area (Å²) in [4.78, 5) is 13.2. The van der Waals surface area contributed by atoms with Crippen LogP contribution < -0.4 is 11.2 Å². The van der Waals surface area contributed by atoms with Crippen molar-refractivity contribution in [3.63, 3.8) is 0 Å². The maximum absolute atomic E-state index is 10.7. The van der Waals surface area contributed by atoms with Crippen molar-refractivity contribution < 1.29 is 4.79 Å². The Balaban J connectivity index is 2.10. The molecule has 1 aromatic heterocycles. The molecule has 4 nitrogen and oxygen atoms in total. The molecule has 0 aliphatic carbocycles. The van der Waals surface area contributed by atoms with Gasteiger partial charge in [0.1, 0.15) is 0 Å². The summed E-state index contributed by atoms with van der Waals surface area (Å²) < 4.78 is 1.25. The Morgan fingerprint density at radius 3 is 3.06 bits per heavy atom. The maximum Gasteiger partial charge on any atom is 0.332 e. The Labute approximate surface area is 112 Å². The number of nitrogens with zero attached hydrogens (tertiary/aromatic N) is 1. The second kappa shape index (κ2) is 4.62. The van der Waals surface area contributed by atoms with Gasteiger partial charge in [0.15, 0.2) is 0 Å². The van der Waals surface area contributed by atoms with Gasteiger partial charge in [-0.05, 0) is 6.07 Å². The smallest absolute Gasteiger partial charge is 0.332 e. The van der Waals surface area contributed by atoms with Crippen molar-refractivity contribution in [1.82, 2.24) is 5.43 Å². The van der Waals surface area contributed by atoms with Gasteiger partial charge in [-0.1, -0.05) is 18.2 Å². The molecule has 3 N–H and O–H groups in total. The van der Waals surface area contributed by atoms with Gasteiger partial charge >= 0.3 is 6.03 Å². The van der Waals surface area contributed by atoms with Crippen LogP contribution in [0.2, 0.25) is 0 Å². The van der Waals surface area contributed by atoms with Crippen molar-refractivity contribution in [2.75, 3.05) is 5.75 Å². The number of primary amides is 1. The van der Waals surface area contributed by atoms with Crippen LogP contribution in [0.5, 0.6) is 0 Å². The van der Waals surface area contributed by atoms with E-state index in [1.807, 2.05) is 23.9 Å². The molecule has 92 valence electrons. The van der Waals surface area contributed by atoms with E-state index < -0.39 is 6.03 Å². The maximum atomic E-state index is 10.7. The van der Waals surface area contributed by atoms with Gasteiger partial charge in [0.2, 0.25) is 0 Å². The molecule has 1 aliphatic heterocycles. The predicted molar refractivity (Wildman–Crippen MR) is 76.4 cm³/mol. The number of thioether (sulfide) groups is 1. The van der Waals surface area contributed by atoms with Crippen molar-refractivity contribution in [2.24, 2.45) is 10.8 Å². The summed E-state index contributed by atoms with van der Waals surface area (Å²) in [7, 11) is 0. The molecular formula is C12H11N3OS2. The third-order valence-corrected chi connectivity index (χ3v) is 5.17. The normalized spacial score (nSPS) is 16.8. The third kappa shape index (κ3) is 1.97. The third-order valence-electron chi connectivity index (χ3n) is 2.70. The molecule has 0 saturated carbocycles. The van der Waals surface area contributed by atoms with Crippen molar-refractivity contribution in [3.8, 4) is 0 Å². The number of rotatable bonds is 1. The van der Waals surface area contributed by atoms with Gasteiger partial charge in [-0.15, -0.1) is 23.1 Å². The number of nitrogens with two attached hydrogens (primary N) is 1. The first-order valence-corrected chi connectivity index (χ1v) is 7.32. The number of nitrogens with one attached hydrogen (secondary N) is 1. The Kier molecular flexibility index (Phi) is 2.97. The van der Waals surface area contributed by atoms with E-state index in [0.717, 1.165) is 22.8 Å². The van der Waals surface area contributed by atoms with E-state index in [1.54, 1.807) is 11.3 Å². The standard InChI is InChI=1S/C12H11N3OS2/c13-12(16)15-14-8-5-6-17-10-7-3-1-2-4-9(7)18-11(8)10/h1-4H,5-6H2,(H3,13,15,16)/b14-8+. The van der Waals surface area contributed by atoms with Crippen LogP contribution in [0.1, 0.15) is 11.3 Å². The second-order valence-corrected chi connectivity index (χ2v) is 6.05. The van der Waals surface area contributed by atoms with Crippen molar-refractivity contribution in [2.45, 2.75) is 11.3 Å². The highest BCUT2D eigenvalue weighted by Gasteiger charge is 2.21. The second-order valence-electron chi connectivity index (χ2n) is 3.89. The first-order chi connectivity index (χ1) is 8.75. The summed E-state index contributed by atoms with van der Waals surface area (Å²) in [5.74, 6) is 0.979. The van der Waals surface area contributed by atoms with Crippen LogP contribution >= 0.6 is 23.1 Å². The Morgan fingerprint density at radius 1 is 1.39 bits per heavy atom. The lowest BCUT2D eigenvalue weighted by molar-refractivity contribution is 0.249. The van der Waals surface area contributed by atoms with Gasteiger partial charge in [-0.2, -0.15) is 5.10 Å². The fraction of sp³-hybridized carbons (Fsp3) is 0.167. The van der Waals surface area contributed by atoms with E-state index in [4.69, 9.17) is 5.73 Å². The summed E-state index contributed by atoms with van der Waals surface area (Å²) in [6.45, 7) is 0. The van der Waals surface area contributed by atoms with Gasteiger partial charge in [-0.25, -0.2) is 10.2 Å². The number of hydrogen-bond donors (Lipinski definition) is 2. The topological polar surface area (TPSA) is 67.5 Å². The van der Waals surface area contributed by atoms with Crippen LogP contribution in [0.3, 0.4) is 0 Å².